The fraction of sp³-hybridized carbons (Fsp3) is 0.696. The lowest BCUT2D eigenvalue weighted by Gasteiger charge is -2.39. The summed E-state index contributed by atoms with van der Waals surface area (Å²) in [6.45, 7) is 10.1. The normalized spacial score (nSPS) is 28.0. The number of phenols is 1. The summed E-state index contributed by atoms with van der Waals surface area (Å²) in [5.74, 6) is 0.834. The number of amides is 1. The Hall–Kier alpha value is -1.59. The average molecular weight is 387 g/mol. The number of aryl methyl sites for hydroxylation is 1. The van der Waals surface area contributed by atoms with Gasteiger partial charge < -0.3 is 19.6 Å². The van der Waals surface area contributed by atoms with Gasteiger partial charge in [0, 0.05) is 26.2 Å². The molecule has 5 heteroatoms. The second-order valence-corrected chi connectivity index (χ2v) is 9.46. The van der Waals surface area contributed by atoms with Crippen molar-refractivity contribution in [3.8, 4) is 5.75 Å². The first-order valence-electron chi connectivity index (χ1n) is 10.9. The van der Waals surface area contributed by atoms with E-state index in [1.165, 1.54) is 25.9 Å². The van der Waals surface area contributed by atoms with E-state index in [9.17, 15) is 9.90 Å². The van der Waals surface area contributed by atoms with Gasteiger partial charge in [0.2, 0.25) is 0 Å². The summed E-state index contributed by atoms with van der Waals surface area (Å²) >= 11 is 0. The van der Waals surface area contributed by atoms with Crippen LogP contribution in [-0.4, -0.2) is 66.2 Å². The number of carbonyl (C=O) groups is 1. The van der Waals surface area contributed by atoms with E-state index >= 15 is 0 Å². The molecule has 1 aromatic rings. The van der Waals surface area contributed by atoms with Crippen LogP contribution < -0.4 is 0 Å². The number of benzene rings is 1. The molecule has 1 aromatic carbocycles. The number of rotatable bonds is 3. The Balaban J connectivity index is 1.31. The number of carbonyl (C=O) groups excluding carboxylic acids is 1. The minimum absolute atomic E-state index is 0.0474. The van der Waals surface area contributed by atoms with Gasteiger partial charge in [-0.3, -0.25) is 4.79 Å². The first-order chi connectivity index (χ1) is 13.4. The summed E-state index contributed by atoms with van der Waals surface area (Å²) in [6, 6.07) is 5.23. The average Bonchev–Trinajstić information content (AvgIpc) is 3.06. The Morgan fingerprint density at radius 2 is 2.07 bits per heavy atom. The number of ether oxygens (including phenoxy) is 1. The lowest BCUT2D eigenvalue weighted by molar-refractivity contribution is 0.0401. The van der Waals surface area contributed by atoms with Gasteiger partial charge in [-0.2, -0.15) is 0 Å². The molecule has 2 atom stereocenters. The number of hydrogen-bond acceptors (Lipinski definition) is 4. The molecule has 1 spiro atoms. The largest absolute Gasteiger partial charge is 0.507 e. The standard InChI is InChI=1S/C23H34N2O3/c1-17-5-6-21(26)20(12-17)22(27)25-10-7-23(8-11-25)13-19(28-16-23)15-24-9-3-4-18(2)14-24/h5-6,12,18-19,26H,3-4,7-11,13-16H2,1-2H3/t18-,19+/m1/s1. The zero-order chi connectivity index (χ0) is 19.7. The molecular weight excluding hydrogens is 352 g/mol. The van der Waals surface area contributed by atoms with E-state index in [1.54, 1.807) is 12.1 Å². The van der Waals surface area contributed by atoms with Crippen molar-refractivity contribution in [1.29, 1.82) is 0 Å². The van der Waals surface area contributed by atoms with Crippen LogP contribution in [0.1, 0.15) is 54.9 Å². The van der Waals surface area contributed by atoms with Crippen LogP contribution in [0, 0.1) is 18.3 Å². The number of likely N-dealkylation sites (tertiary alicyclic amines) is 2. The van der Waals surface area contributed by atoms with E-state index in [1.807, 2.05) is 17.9 Å². The monoisotopic (exact) mass is 386 g/mol. The lowest BCUT2D eigenvalue weighted by atomic mass is 9.76. The van der Waals surface area contributed by atoms with Crippen LogP contribution in [-0.2, 0) is 4.74 Å². The van der Waals surface area contributed by atoms with Gasteiger partial charge in [-0.1, -0.05) is 18.6 Å². The summed E-state index contributed by atoms with van der Waals surface area (Å²) in [4.78, 5) is 17.3. The first kappa shape index (κ1) is 19.7. The van der Waals surface area contributed by atoms with Crippen molar-refractivity contribution in [3.05, 3.63) is 29.3 Å². The maximum atomic E-state index is 12.9. The predicted molar refractivity (Wildman–Crippen MR) is 110 cm³/mol. The number of piperidine rings is 2. The highest BCUT2D eigenvalue weighted by molar-refractivity contribution is 5.97. The Kier molecular flexibility index (Phi) is 5.66. The van der Waals surface area contributed by atoms with Crippen LogP contribution in [0.3, 0.4) is 0 Å². The van der Waals surface area contributed by atoms with Gasteiger partial charge in [-0.25, -0.2) is 0 Å². The quantitative estimate of drug-likeness (QED) is 0.865. The molecular formula is C23H34N2O3. The fourth-order valence-corrected chi connectivity index (χ4v) is 5.28. The Morgan fingerprint density at radius 1 is 1.29 bits per heavy atom. The highest BCUT2D eigenvalue weighted by Crippen LogP contribution is 2.42. The molecule has 3 aliphatic rings. The highest BCUT2D eigenvalue weighted by atomic mass is 16.5. The second-order valence-electron chi connectivity index (χ2n) is 9.46. The molecule has 1 amide bonds. The van der Waals surface area contributed by atoms with E-state index in [-0.39, 0.29) is 17.1 Å². The zero-order valence-corrected chi connectivity index (χ0v) is 17.3. The molecule has 28 heavy (non-hydrogen) atoms. The maximum absolute atomic E-state index is 12.9. The molecule has 5 nitrogen and oxygen atoms in total. The Bertz CT molecular complexity index is 712. The number of aromatic hydroxyl groups is 1. The fourth-order valence-electron chi connectivity index (χ4n) is 5.28. The number of hydrogen-bond donors (Lipinski definition) is 1. The molecule has 0 saturated carbocycles. The maximum Gasteiger partial charge on any atom is 0.257 e. The van der Waals surface area contributed by atoms with E-state index < -0.39 is 0 Å². The second kappa shape index (κ2) is 8.03. The summed E-state index contributed by atoms with van der Waals surface area (Å²) < 4.78 is 6.21. The van der Waals surface area contributed by atoms with Crippen LogP contribution in [0.25, 0.3) is 0 Å². The van der Waals surface area contributed by atoms with Crippen LogP contribution in [0.4, 0.5) is 0 Å². The topological polar surface area (TPSA) is 53.0 Å². The lowest BCUT2D eigenvalue weighted by Crippen LogP contribution is -2.44. The molecule has 3 heterocycles. The summed E-state index contributed by atoms with van der Waals surface area (Å²) in [6.07, 6.45) is 6.12. The molecule has 4 rings (SSSR count). The zero-order valence-electron chi connectivity index (χ0n) is 17.3. The molecule has 1 N–H and O–H groups in total. The van der Waals surface area contributed by atoms with Crippen molar-refractivity contribution in [3.63, 3.8) is 0 Å². The van der Waals surface area contributed by atoms with Crippen molar-refractivity contribution in [2.75, 3.05) is 39.3 Å². The van der Waals surface area contributed by atoms with Gasteiger partial charge in [0.25, 0.3) is 5.91 Å². The van der Waals surface area contributed by atoms with E-state index in [0.717, 1.165) is 57.0 Å². The van der Waals surface area contributed by atoms with Crippen LogP contribution in [0.15, 0.2) is 18.2 Å². The summed E-state index contributed by atoms with van der Waals surface area (Å²) in [5.41, 5.74) is 1.65. The smallest absolute Gasteiger partial charge is 0.257 e. The Labute approximate surface area is 168 Å². The molecule has 3 aliphatic heterocycles. The van der Waals surface area contributed by atoms with Gasteiger partial charge in [-0.15, -0.1) is 0 Å². The third-order valence-corrected chi connectivity index (χ3v) is 6.98. The van der Waals surface area contributed by atoms with Crippen LogP contribution in [0.5, 0.6) is 5.75 Å². The molecule has 0 radical (unpaired) electrons. The number of phenolic OH excluding ortho intramolecular Hbond substituents is 1. The predicted octanol–water partition coefficient (Wildman–Crippen LogP) is 3.44. The van der Waals surface area contributed by atoms with Crippen molar-refractivity contribution in [2.45, 2.75) is 52.1 Å². The van der Waals surface area contributed by atoms with Gasteiger partial charge in [0.05, 0.1) is 18.3 Å². The van der Waals surface area contributed by atoms with Crippen molar-refractivity contribution >= 4 is 5.91 Å². The minimum atomic E-state index is -0.0474. The van der Waals surface area contributed by atoms with Gasteiger partial charge >= 0.3 is 0 Å². The van der Waals surface area contributed by atoms with Gasteiger partial charge in [0.15, 0.2) is 0 Å². The van der Waals surface area contributed by atoms with E-state index in [4.69, 9.17) is 4.74 Å². The van der Waals surface area contributed by atoms with Crippen LogP contribution >= 0.6 is 0 Å². The van der Waals surface area contributed by atoms with Crippen molar-refractivity contribution in [2.24, 2.45) is 11.3 Å². The third kappa shape index (κ3) is 4.20. The van der Waals surface area contributed by atoms with E-state index in [0.29, 0.717) is 11.7 Å². The van der Waals surface area contributed by atoms with Crippen LogP contribution in [0.2, 0.25) is 0 Å². The van der Waals surface area contributed by atoms with Gasteiger partial charge in [-0.05, 0) is 69.0 Å². The van der Waals surface area contributed by atoms with Crippen molar-refractivity contribution in [1.82, 2.24) is 9.80 Å². The van der Waals surface area contributed by atoms with Crippen molar-refractivity contribution < 1.29 is 14.6 Å². The minimum Gasteiger partial charge on any atom is -0.507 e. The van der Waals surface area contributed by atoms with Gasteiger partial charge in [0.1, 0.15) is 5.75 Å². The summed E-state index contributed by atoms with van der Waals surface area (Å²) in [7, 11) is 0. The SMILES string of the molecule is Cc1ccc(O)c(C(=O)N2CCC3(CC2)CO[C@H](CN2CCC[C@@H](C)C2)C3)c1. The Morgan fingerprint density at radius 3 is 2.82 bits per heavy atom. The summed E-state index contributed by atoms with van der Waals surface area (Å²) in [5, 5.41) is 10.1. The molecule has 154 valence electrons. The first-order valence-corrected chi connectivity index (χ1v) is 10.9. The molecule has 0 bridgehead atoms. The molecule has 3 saturated heterocycles. The highest BCUT2D eigenvalue weighted by Gasteiger charge is 2.43. The molecule has 0 aliphatic carbocycles. The molecule has 3 fully saturated rings. The third-order valence-electron chi connectivity index (χ3n) is 6.98. The van der Waals surface area contributed by atoms with E-state index in [2.05, 4.69) is 11.8 Å². The molecule has 0 unspecified atom stereocenters. The number of nitrogens with zero attached hydrogens (tertiary/aromatic N) is 2. The molecule has 0 aromatic heterocycles.